The highest BCUT2D eigenvalue weighted by atomic mass is 16.3. The highest BCUT2D eigenvalue weighted by Crippen LogP contribution is 2.41. The Morgan fingerprint density at radius 2 is 1.37 bits per heavy atom. The van der Waals surface area contributed by atoms with Gasteiger partial charge in [-0.05, 0) is 41.8 Å². The Kier molecular flexibility index (Phi) is 2.39. The number of hydrogen-bond donors (Lipinski definition) is 0. The maximum atomic E-state index is 12.4. The molecular formula is C16H12N2O. The van der Waals surface area contributed by atoms with Gasteiger partial charge in [-0.15, -0.1) is 0 Å². The number of fused-ring (bicyclic) bond motifs is 3. The second-order valence-corrected chi connectivity index (χ2v) is 4.88. The quantitative estimate of drug-likeness (QED) is 0.443. The van der Waals surface area contributed by atoms with Gasteiger partial charge in [-0.25, -0.2) is 0 Å². The van der Waals surface area contributed by atoms with Gasteiger partial charge in [0.1, 0.15) is 0 Å². The standard InChI is InChI=1S/C16H12N2O/c1-9-3-5-11-12-6-4-10(2)8-14(12)16(19)15(18-17)13(11)7-9/h3-8H,1-2H3. The van der Waals surface area contributed by atoms with Crippen LogP contribution in [0, 0.1) is 19.2 Å². The van der Waals surface area contributed by atoms with Gasteiger partial charge < -0.3 is 5.11 Å². The average Bonchev–Trinajstić information content (AvgIpc) is 2.39. The molecule has 3 nitrogen and oxygen atoms in total. The van der Waals surface area contributed by atoms with Crippen molar-refractivity contribution in [2.45, 2.75) is 13.8 Å². The van der Waals surface area contributed by atoms with Crippen molar-refractivity contribution in [2.75, 3.05) is 0 Å². The van der Waals surface area contributed by atoms with Gasteiger partial charge in [-0.1, -0.05) is 41.5 Å². The molecule has 0 aromatic heterocycles. The summed E-state index contributed by atoms with van der Waals surface area (Å²) < 4.78 is 0. The third kappa shape index (κ3) is 1.61. The molecule has 0 radical (unpaired) electrons. The van der Waals surface area contributed by atoms with Gasteiger partial charge in [0.2, 0.25) is 5.39 Å². The molecule has 0 spiro atoms. The Morgan fingerprint density at radius 1 is 0.842 bits per heavy atom. The molecule has 92 valence electrons. The number of rotatable bonds is 0. The van der Waals surface area contributed by atoms with Crippen LogP contribution in [0.25, 0.3) is 26.5 Å². The molecule has 0 aliphatic carbocycles. The number of hydrogen-bond acceptors (Lipinski definition) is 2. The predicted molar refractivity (Wildman–Crippen MR) is 75.1 cm³/mol. The van der Waals surface area contributed by atoms with E-state index >= 15 is 0 Å². The van der Waals surface area contributed by atoms with Crippen LogP contribution >= 0.6 is 0 Å². The zero-order valence-electron chi connectivity index (χ0n) is 10.8. The molecular weight excluding hydrogens is 236 g/mol. The molecule has 0 bridgehead atoms. The SMILES string of the molecule is Cc1ccc2c(c1)c([O-])c([N+]#N)c1cc(C)ccc12. The molecule has 0 aliphatic rings. The third-order valence-electron chi connectivity index (χ3n) is 3.46. The Bertz CT molecular complexity index is 860. The lowest BCUT2D eigenvalue weighted by Crippen LogP contribution is -1.94. The van der Waals surface area contributed by atoms with Gasteiger partial charge in [0, 0.05) is 0 Å². The normalized spacial score (nSPS) is 10.8. The summed E-state index contributed by atoms with van der Waals surface area (Å²) in [5.74, 6) is -0.223. The minimum absolute atomic E-state index is 0.122. The molecule has 0 aliphatic heterocycles. The lowest BCUT2D eigenvalue weighted by Gasteiger charge is -2.12. The van der Waals surface area contributed by atoms with Crippen molar-refractivity contribution in [3.8, 4) is 5.75 Å². The molecule has 3 aromatic rings. The van der Waals surface area contributed by atoms with Crippen LogP contribution in [0.1, 0.15) is 11.1 Å². The lowest BCUT2D eigenvalue weighted by molar-refractivity contribution is -0.264. The fourth-order valence-electron chi connectivity index (χ4n) is 2.52. The van der Waals surface area contributed by atoms with E-state index in [1.165, 1.54) is 0 Å². The Balaban J connectivity index is 2.65. The lowest BCUT2D eigenvalue weighted by atomic mass is 9.97. The largest absolute Gasteiger partial charge is 0.867 e. The molecule has 0 saturated carbocycles. The van der Waals surface area contributed by atoms with E-state index < -0.39 is 0 Å². The van der Waals surface area contributed by atoms with Crippen molar-refractivity contribution in [1.82, 2.24) is 0 Å². The zero-order chi connectivity index (χ0) is 13.6. The summed E-state index contributed by atoms with van der Waals surface area (Å²) in [7, 11) is 0. The van der Waals surface area contributed by atoms with E-state index in [4.69, 9.17) is 5.39 Å². The van der Waals surface area contributed by atoms with E-state index in [1.807, 2.05) is 50.2 Å². The minimum atomic E-state index is -0.223. The number of diazo groups is 1. The van der Waals surface area contributed by atoms with Crippen molar-refractivity contribution in [3.63, 3.8) is 0 Å². The van der Waals surface area contributed by atoms with Gasteiger partial charge in [0.15, 0.2) is 4.98 Å². The molecule has 3 heteroatoms. The van der Waals surface area contributed by atoms with Crippen molar-refractivity contribution in [3.05, 3.63) is 52.5 Å². The van der Waals surface area contributed by atoms with Crippen LogP contribution in [0.5, 0.6) is 5.75 Å². The van der Waals surface area contributed by atoms with Gasteiger partial charge in [0.25, 0.3) is 0 Å². The Morgan fingerprint density at radius 3 is 1.95 bits per heavy atom. The summed E-state index contributed by atoms with van der Waals surface area (Å²) in [6.07, 6.45) is 0. The molecule has 19 heavy (non-hydrogen) atoms. The molecule has 0 unspecified atom stereocenters. The first kappa shape index (κ1) is 11.5. The molecule has 0 atom stereocenters. The van der Waals surface area contributed by atoms with Crippen molar-refractivity contribution < 1.29 is 5.11 Å². The molecule has 3 aromatic carbocycles. The van der Waals surface area contributed by atoms with E-state index in [1.54, 1.807) is 0 Å². The van der Waals surface area contributed by atoms with Crippen molar-refractivity contribution in [2.24, 2.45) is 0 Å². The summed E-state index contributed by atoms with van der Waals surface area (Å²) in [5, 5.41) is 24.7. The Hall–Kier alpha value is -2.60. The topological polar surface area (TPSA) is 51.2 Å². The highest BCUT2D eigenvalue weighted by Gasteiger charge is 2.17. The molecule has 0 saturated heterocycles. The fraction of sp³-hybridized carbons (Fsp3) is 0.125. The molecule has 0 heterocycles. The van der Waals surface area contributed by atoms with E-state index in [0.717, 1.165) is 21.9 Å². The van der Waals surface area contributed by atoms with Crippen LogP contribution in [0.4, 0.5) is 5.69 Å². The first-order valence-electron chi connectivity index (χ1n) is 6.10. The summed E-state index contributed by atoms with van der Waals surface area (Å²) in [4.78, 5) is 3.21. The summed E-state index contributed by atoms with van der Waals surface area (Å²) in [6.45, 7) is 3.89. The molecule has 0 fully saturated rings. The van der Waals surface area contributed by atoms with E-state index in [-0.39, 0.29) is 11.4 Å². The third-order valence-corrected chi connectivity index (χ3v) is 3.46. The number of nitrogens with zero attached hydrogens (tertiary/aromatic N) is 2. The van der Waals surface area contributed by atoms with Crippen LogP contribution in [0.2, 0.25) is 0 Å². The number of aryl methyl sites for hydroxylation is 2. The summed E-state index contributed by atoms with van der Waals surface area (Å²) in [5.41, 5.74) is 2.17. The van der Waals surface area contributed by atoms with Crippen LogP contribution < -0.4 is 5.11 Å². The smallest absolute Gasteiger partial charge is 0.385 e. The molecule has 0 amide bonds. The first-order valence-corrected chi connectivity index (χ1v) is 6.10. The van der Waals surface area contributed by atoms with E-state index in [0.29, 0.717) is 10.8 Å². The van der Waals surface area contributed by atoms with E-state index in [2.05, 4.69) is 4.98 Å². The predicted octanol–water partition coefficient (Wildman–Crippen LogP) is 4.17. The maximum Gasteiger partial charge on any atom is 0.385 e. The van der Waals surface area contributed by atoms with Gasteiger partial charge >= 0.3 is 5.69 Å². The number of benzene rings is 3. The summed E-state index contributed by atoms with van der Waals surface area (Å²) in [6, 6.07) is 11.6. The van der Waals surface area contributed by atoms with Crippen molar-refractivity contribution >= 4 is 27.2 Å². The van der Waals surface area contributed by atoms with Gasteiger partial charge in [-0.2, -0.15) is 0 Å². The second-order valence-electron chi connectivity index (χ2n) is 4.88. The van der Waals surface area contributed by atoms with Crippen LogP contribution in [0.15, 0.2) is 36.4 Å². The fourth-order valence-corrected chi connectivity index (χ4v) is 2.52. The average molecular weight is 248 g/mol. The van der Waals surface area contributed by atoms with Crippen LogP contribution in [-0.4, -0.2) is 0 Å². The first-order chi connectivity index (χ1) is 9.11. The van der Waals surface area contributed by atoms with Gasteiger partial charge in [-0.3, -0.25) is 0 Å². The minimum Gasteiger partial charge on any atom is -0.867 e. The van der Waals surface area contributed by atoms with Crippen molar-refractivity contribution in [1.29, 1.82) is 5.39 Å². The van der Waals surface area contributed by atoms with E-state index in [9.17, 15) is 5.11 Å². The summed E-state index contributed by atoms with van der Waals surface area (Å²) >= 11 is 0. The maximum absolute atomic E-state index is 12.4. The monoisotopic (exact) mass is 248 g/mol. The Labute approximate surface area is 110 Å². The second kappa shape index (κ2) is 3.96. The zero-order valence-corrected chi connectivity index (χ0v) is 10.8. The van der Waals surface area contributed by atoms with Crippen LogP contribution in [-0.2, 0) is 0 Å². The van der Waals surface area contributed by atoms with Crippen LogP contribution in [0.3, 0.4) is 0 Å². The highest BCUT2D eigenvalue weighted by molar-refractivity contribution is 6.16. The molecule has 3 rings (SSSR count). The molecule has 0 N–H and O–H groups in total. The van der Waals surface area contributed by atoms with Gasteiger partial charge in [0.05, 0.1) is 5.39 Å².